The summed E-state index contributed by atoms with van der Waals surface area (Å²) in [5.74, 6) is -1.71. The Hall–Kier alpha value is -3.94. The van der Waals surface area contributed by atoms with Crippen LogP contribution in [0.4, 0.5) is 15.8 Å². The number of hydrogen-bond donors (Lipinski definition) is 2. The van der Waals surface area contributed by atoms with Gasteiger partial charge in [0.1, 0.15) is 11.4 Å². The number of benzene rings is 2. The summed E-state index contributed by atoms with van der Waals surface area (Å²) in [5.41, 5.74) is 1.30. The van der Waals surface area contributed by atoms with Gasteiger partial charge in [0, 0.05) is 49.5 Å². The molecule has 2 N–H and O–H groups in total. The molecule has 2 aromatic heterocycles. The molecule has 4 aromatic rings. The van der Waals surface area contributed by atoms with Crippen LogP contribution < -0.4 is 15.6 Å². The molecular weight excluding hydrogens is 423 g/mol. The third-order valence-electron chi connectivity index (χ3n) is 6.32. The molecule has 1 aliphatic heterocycles. The summed E-state index contributed by atoms with van der Waals surface area (Å²) < 4.78 is 16.8. The molecule has 0 spiro atoms. The van der Waals surface area contributed by atoms with Crippen molar-refractivity contribution in [3.05, 3.63) is 76.5 Å². The first-order valence-electron chi connectivity index (χ1n) is 10.8. The molecule has 0 unspecified atom stereocenters. The number of carboxylic acids is 1. The lowest BCUT2D eigenvalue weighted by Gasteiger charge is -2.28. The van der Waals surface area contributed by atoms with Gasteiger partial charge in [-0.2, -0.15) is 0 Å². The van der Waals surface area contributed by atoms with Crippen molar-refractivity contribution in [3.63, 3.8) is 0 Å². The topological polar surface area (TPSA) is 87.5 Å². The Morgan fingerprint density at radius 3 is 2.82 bits per heavy atom. The Morgan fingerprint density at radius 1 is 1.27 bits per heavy atom. The number of nitrogens with one attached hydrogen (secondary N) is 1. The van der Waals surface area contributed by atoms with Crippen molar-refractivity contribution in [2.45, 2.75) is 18.9 Å². The van der Waals surface area contributed by atoms with Crippen LogP contribution in [0.3, 0.4) is 0 Å². The Bertz CT molecular complexity index is 1440. The molecule has 1 atom stereocenters. The number of aromatic carboxylic acids is 1. The van der Waals surface area contributed by atoms with Crippen molar-refractivity contribution < 1.29 is 14.3 Å². The van der Waals surface area contributed by atoms with Gasteiger partial charge in [0.15, 0.2) is 0 Å². The van der Waals surface area contributed by atoms with Crippen LogP contribution in [-0.2, 0) is 7.05 Å². The van der Waals surface area contributed by atoms with Crippen LogP contribution in [0.25, 0.3) is 21.8 Å². The van der Waals surface area contributed by atoms with Gasteiger partial charge in [-0.05, 0) is 31.0 Å². The van der Waals surface area contributed by atoms with E-state index in [9.17, 15) is 14.7 Å². The summed E-state index contributed by atoms with van der Waals surface area (Å²) in [6.07, 6.45) is 4.61. The van der Waals surface area contributed by atoms with E-state index in [0.717, 1.165) is 18.5 Å². The third-order valence-corrected chi connectivity index (χ3v) is 6.32. The van der Waals surface area contributed by atoms with Crippen LogP contribution >= 0.6 is 0 Å². The molecule has 2 aromatic carbocycles. The van der Waals surface area contributed by atoms with Crippen molar-refractivity contribution in [1.82, 2.24) is 9.55 Å². The van der Waals surface area contributed by atoms with Crippen molar-refractivity contribution in [2.75, 3.05) is 23.3 Å². The zero-order valence-corrected chi connectivity index (χ0v) is 18.1. The number of nitrogens with zero attached hydrogens (tertiary/aromatic N) is 3. The standard InChI is InChI=1S/C25H23FN4O3/c1-29-14-18(25(32)33)24(31)23-17-10-21(19(26)11-20(17)28-13-22(23)29)30-9-5-8-16(30)12-27-15-6-3-2-4-7-15/h2-4,6-7,10-11,13-14,16,27H,5,8-9,12H2,1H3,(H,32,33)/t16-/m0/s1. The maximum absolute atomic E-state index is 15.2. The second-order valence-electron chi connectivity index (χ2n) is 8.36. The van der Waals surface area contributed by atoms with Gasteiger partial charge in [0.2, 0.25) is 5.43 Å². The summed E-state index contributed by atoms with van der Waals surface area (Å²) in [6.45, 7) is 1.35. The van der Waals surface area contributed by atoms with Crippen LogP contribution in [0.2, 0.25) is 0 Å². The van der Waals surface area contributed by atoms with Gasteiger partial charge < -0.3 is 19.9 Å². The van der Waals surface area contributed by atoms with Gasteiger partial charge in [-0.1, -0.05) is 18.2 Å². The summed E-state index contributed by atoms with van der Waals surface area (Å²) in [7, 11) is 1.66. The average Bonchev–Trinajstić information content (AvgIpc) is 3.27. The van der Waals surface area contributed by atoms with E-state index in [0.29, 0.717) is 35.2 Å². The number of rotatable bonds is 5. The second kappa shape index (κ2) is 8.20. The number of fused-ring (bicyclic) bond motifs is 3. The van der Waals surface area contributed by atoms with Crippen molar-refractivity contribution in [1.29, 1.82) is 0 Å². The molecule has 0 radical (unpaired) electrons. The lowest BCUT2D eigenvalue weighted by molar-refractivity contribution is 0.0695. The first-order valence-corrected chi connectivity index (χ1v) is 10.8. The summed E-state index contributed by atoms with van der Waals surface area (Å²) in [4.78, 5) is 31.0. The maximum atomic E-state index is 15.2. The average molecular weight is 446 g/mol. The molecule has 1 saturated heterocycles. The van der Waals surface area contributed by atoms with E-state index in [1.54, 1.807) is 17.7 Å². The first kappa shape index (κ1) is 20.9. The quantitative estimate of drug-likeness (QED) is 0.451. The highest BCUT2D eigenvalue weighted by Crippen LogP contribution is 2.33. The highest BCUT2D eigenvalue weighted by atomic mass is 19.1. The van der Waals surface area contributed by atoms with Crippen LogP contribution in [0.5, 0.6) is 0 Å². The number of aryl methyl sites for hydroxylation is 1. The van der Waals surface area contributed by atoms with Gasteiger partial charge in [-0.3, -0.25) is 9.78 Å². The highest BCUT2D eigenvalue weighted by molar-refractivity contribution is 6.07. The number of aromatic nitrogens is 2. The fourth-order valence-electron chi connectivity index (χ4n) is 4.68. The molecule has 0 saturated carbocycles. The van der Waals surface area contributed by atoms with Gasteiger partial charge in [0.25, 0.3) is 0 Å². The van der Waals surface area contributed by atoms with Crippen LogP contribution in [0, 0.1) is 5.82 Å². The minimum absolute atomic E-state index is 0.0810. The van der Waals surface area contributed by atoms with Gasteiger partial charge in [-0.15, -0.1) is 0 Å². The number of anilines is 2. The molecule has 0 amide bonds. The van der Waals surface area contributed by atoms with Gasteiger partial charge in [-0.25, -0.2) is 9.18 Å². The molecule has 7 nitrogen and oxygen atoms in total. The Kier molecular flexibility index (Phi) is 5.20. The fourth-order valence-corrected chi connectivity index (χ4v) is 4.68. The number of halogens is 1. The monoisotopic (exact) mass is 446 g/mol. The summed E-state index contributed by atoms with van der Waals surface area (Å²) in [5, 5.41) is 13.6. The largest absolute Gasteiger partial charge is 0.477 e. The summed E-state index contributed by atoms with van der Waals surface area (Å²) in [6, 6.07) is 12.9. The number of para-hydroxylation sites is 1. The minimum Gasteiger partial charge on any atom is -0.477 e. The molecule has 1 aliphatic rings. The lowest BCUT2D eigenvalue weighted by Crippen LogP contribution is -2.35. The molecule has 0 bridgehead atoms. The molecule has 8 heteroatoms. The predicted molar refractivity (Wildman–Crippen MR) is 127 cm³/mol. The number of carboxylic acid groups (broad SMARTS) is 1. The van der Waals surface area contributed by atoms with E-state index in [1.165, 1.54) is 18.5 Å². The van der Waals surface area contributed by atoms with E-state index in [2.05, 4.69) is 10.3 Å². The second-order valence-corrected chi connectivity index (χ2v) is 8.36. The van der Waals surface area contributed by atoms with E-state index in [4.69, 9.17) is 0 Å². The molecule has 1 fully saturated rings. The van der Waals surface area contributed by atoms with Gasteiger partial charge in [0.05, 0.1) is 28.3 Å². The zero-order chi connectivity index (χ0) is 23.1. The molecule has 5 rings (SSSR count). The van der Waals surface area contributed by atoms with E-state index >= 15 is 4.39 Å². The third kappa shape index (κ3) is 3.67. The summed E-state index contributed by atoms with van der Waals surface area (Å²) >= 11 is 0. The molecule has 168 valence electrons. The lowest BCUT2D eigenvalue weighted by atomic mass is 10.1. The van der Waals surface area contributed by atoms with Crippen molar-refractivity contribution in [2.24, 2.45) is 7.05 Å². The molecule has 0 aliphatic carbocycles. The Morgan fingerprint density at radius 2 is 2.06 bits per heavy atom. The first-order chi connectivity index (χ1) is 15.9. The Balaban J connectivity index is 1.61. The fraction of sp³-hybridized carbons (Fsp3) is 0.240. The number of hydrogen-bond acceptors (Lipinski definition) is 5. The van der Waals surface area contributed by atoms with Crippen LogP contribution in [0.15, 0.2) is 59.7 Å². The van der Waals surface area contributed by atoms with Gasteiger partial charge >= 0.3 is 5.97 Å². The van der Waals surface area contributed by atoms with Crippen LogP contribution in [0.1, 0.15) is 23.2 Å². The van der Waals surface area contributed by atoms with E-state index in [1.807, 2.05) is 35.2 Å². The number of carbonyl (C=O) groups is 1. The normalized spacial score (nSPS) is 15.9. The minimum atomic E-state index is -1.30. The van der Waals surface area contributed by atoms with Crippen molar-refractivity contribution >= 4 is 39.1 Å². The van der Waals surface area contributed by atoms with Crippen molar-refractivity contribution in [3.8, 4) is 0 Å². The smallest absolute Gasteiger partial charge is 0.341 e. The predicted octanol–water partition coefficient (Wildman–Crippen LogP) is 4.00. The highest BCUT2D eigenvalue weighted by Gasteiger charge is 2.27. The molecular formula is C25H23FN4O3. The molecule has 3 heterocycles. The molecule has 33 heavy (non-hydrogen) atoms. The zero-order valence-electron chi connectivity index (χ0n) is 18.1. The van der Waals surface area contributed by atoms with E-state index in [-0.39, 0.29) is 17.0 Å². The van der Waals surface area contributed by atoms with E-state index < -0.39 is 17.2 Å². The number of pyridine rings is 2. The maximum Gasteiger partial charge on any atom is 0.341 e. The van der Waals surface area contributed by atoms with Crippen LogP contribution in [-0.4, -0.2) is 39.8 Å². The SMILES string of the molecule is Cn1cc(C(=O)O)c(=O)c2c3cc(N4CCC[C@H]4CNc4ccccc4)c(F)cc3ncc21. The Labute approximate surface area is 189 Å².